The summed E-state index contributed by atoms with van der Waals surface area (Å²) < 4.78 is 10.6. The van der Waals surface area contributed by atoms with Crippen LogP contribution in [0.5, 0.6) is 5.75 Å². The van der Waals surface area contributed by atoms with E-state index in [0.717, 1.165) is 10.9 Å². The lowest BCUT2D eigenvalue weighted by Crippen LogP contribution is -2.13. The average molecular weight is 409 g/mol. The summed E-state index contributed by atoms with van der Waals surface area (Å²) in [7, 11) is 1.59. The maximum Gasteiger partial charge on any atom is 0.227 e. The minimum absolute atomic E-state index is 0.161. The van der Waals surface area contributed by atoms with Gasteiger partial charge in [-0.15, -0.1) is 0 Å². The van der Waals surface area contributed by atoms with E-state index in [0.29, 0.717) is 40.1 Å². The fraction of sp³-hybridized carbons (Fsp3) is 0.143. The Balaban J connectivity index is 1.42. The maximum absolute atomic E-state index is 12.4. The molecule has 0 spiro atoms. The second-order valence-corrected chi connectivity index (χ2v) is 6.72. The third-order valence-corrected chi connectivity index (χ3v) is 4.62. The molecule has 1 N–H and O–H groups in total. The number of fused-ring (bicyclic) bond motifs is 1. The van der Waals surface area contributed by atoms with Gasteiger partial charge in [0, 0.05) is 35.0 Å². The summed E-state index contributed by atoms with van der Waals surface area (Å²) in [6.45, 7) is 0. The van der Waals surface area contributed by atoms with Gasteiger partial charge in [0.2, 0.25) is 17.6 Å². The monoisotopic (exact) mass is 408 g/mol. The van der Waals surface area contributed by atoms with Crippen LogP contribution in [0.15, 0.2) is 59.3 Å². The fourth-order valence-corrected chi connectivity index (χ4v) is 3.05. The molecule has 0 fully saturated rings. The molecule has 4 aromatic rings. The summed E-state index contributed by atoms with van der Waals surface area (Å²) >= 11 is 5.89. The average Bonchev–Trinajstić information content (AvgIpc) is 3.22. The molecule has 0 aliphatic carbocycles. The first-order chi connectivity index (χ1) is 14.1. The number of halogens is 1. The number of aromatic nitrogens is 3. The van der Waals surface area contributed by atoms with Crippen molar-refractivity contribution in [3.8, 4) is 17.1 Å². The Labute approximate surface area is 171 Å². The van der Waals surface area contributed by atoms with E-state index in [4.69, 9.17) is 20.9 Å². The number of carbonyl (C=O) groups excluding carboxylic acids is 1. The maximum atomic E-state index is 12.4. The molecule has 146 valence electrons. The van der Waals surface area contributed by atoms with Crippen molar-refractivity contribution < 1.29 is 14.1 Å². The predicted octanol–water partition coefficient (Wildman–Crippen LogP) is 4.52. The molecule has 2 aromatic heterocycles. The molecular formula is C21H17ClN4O3. The molecule has 4 rings (SSSR count). The number of hydrogen-bond acceptors (Lipinski definition) is 6. The number of rotatable bonds is 6. The molecule has 2 heterocycles. The van der Waals surface area contributed by atoms with Crippen molar-refractivity contribution in [2.75, 3.05) is 12.4 Å². The van der Waals surface area contributed by atoms with Gasteiger partial charge in [-0.3, -0.25) is 9.78 Å². The molecule has 2 aromatic carbocycles. The first-order valence-electron chi connectivity index (χ1n) is 8.94. The number of benzene rings is 2. The van der Waals surface area contributed by atoms with E-state index < -0.39 is 0 Å². The Morgan fingerprint density at radius 2 is 2.00 bits per heavy atom. The van der Waals surface area contributed by atoms with Gasteiger partial charge in [0.05, 0.1) is 12.8 Å². The summed E-state index contributed by atoms with van der Waals surface area (Å²) in [6, 6.07) is 14.4. The van der Waals surface area contributed by atoms with Crippen LogP contribution in [0.1, 0.15) is 12.3 Å². The molecular weight excluding hydrogens is 392 g/mol. The standard InChI is InChI=1S/C21H17ClN4O3/c1-28-17-9-8-16(15-3-2-12-23-20(15)17)24-18(27)10-11-19-25-21(26-29-19)13-4-6-14(22)7-5-13/h2-9,12H,10-11H2,1H3,(H,24,27). The third-order valence-electron chi connectivity index (χ3n) is 4.36. The first kappa shape index (κ1) is 18.9. The number of hydrogen-bond donors (Lipinski definition) is 1. The Morgan fingerprint density at radius 3 is 2.79 bits per heavy atom. The molecule has 0 saturated carbocycles. The molecule has 0 aliphatic rings. The summed E-state index contributed by atoms with van der Waals surface area (Å²) in [5.74, 6) is 1.35. The van der Waals surface area contributed by atoms with Crippen LogP contribution in [0, 0.1) is 0 Å². The Hall–Kier alpha value is -3.45. The van der Waals surface area contributed by atoms with Crippen molar-refractivity contribution in [2.45, 2.75) is 12.8 Å². The number of amides is 1. The number of anilines is 1. The lowest BCUT2D eigenvalue weighted by atomic mass is 10.1. The van der Waals surface area contributed by atoms with Gasteiger partial charge >= 0.3 is 0 Å². The number of pyridine rings is 1. The van der Waals surface area contributed by atoms with Crippen LogP contribution in [0.25, 0.3) is 22.3 Å². The highest BCUT2D eigenvalue weighted by Gasteiger charge is 2.13. The summed E-state index contributed by atoms with van der Waals surface area (Å²) in [5, 5.41) is 8.31. The van der Waals surface area contributed by atoms with E-state index in [2.05, 4.69) is 20.4 Å². The van der Waals surface area contributed by atoms with Crippen molar-refractivity contribution in [1.29, 1.82) is 0 Å². The third kappa shape index (κ3) is 4.20. The topological polar surface area (TPSA) is 90.1 Å². The highest BCUT2D eigenvalue weighted by atomic mass is 35.5. The molecule has 29 heavy (non-hydrogen) atoms. The highest BCUT2D eigenvalue weighted by molar-refractivity contribution is 6.30. The second kappa shape index (κ2) is 8.28. The summed E-state index contributed by atoms with van der Waals surface area (Å²) in [6.07, 6.45) is 2.22. The van der Waals surface area contributed by atoms with Gasteiger partial charge in [-0.1, -0.05) is 16.8 Å². The van der Waals surface area contributed by atoms with Gasteiger partial charge in [0.25, 0.3) is 0 Å². The number of methoxy groups -OCH3 is 1. The Bertz CT molecular complexity index is 1160. The molecule has 8 heteroatoms. The zero-order chi connectivity index (χ0) is 20.2. The van der Waals surface area contributed by atoms with Crippen LogP contribution >= 0.6 is 11.6 Å². The Kier molecular flexibility index (Phi) is 5.39. The smallest absolute Gasteiger partial charge is 0.227 e. The summed E-state index contributed by atoms with van der Waals surface area (Å²) in [5.41, 5.74) is 2.16. The number of aryl methyl sites for hydroxylation is 1. The molecule has 7 nitrogen and oxygen atoms in total. The van der Waals surface area contributed by atoms with Gasteiger partial charge in [0.1, 0.15) is 11.3 Å². The van der Waals surface area contributed by atoms with E-state index in [1.807, 2.05) is 24.3 Å². The molecule has 0 radical (unpaired) electrons. The van der Waals surface area contributed by atoms with Crippen molar-refractivity contribution in [1.82, 2.24) is 15.1 Å². The summed E-state index contributed by atoms with van der Waals surface area (Å²) in [4.78, 5) is 21.1. The zero-order valence-electron chi connectivity index (χ0n) is 15.6. The number of nitrogens with one attached hydrogen (secondary N) is 1. The van der Waals surface area contributed by atoms with Gasteiger partial charge in [-0.05, 0) is 48.5 Å². The fourth-order valence-electron chi connectivity index (χ4n) is 2.93. The van der Waals surface area contributed by atoms with Gasteiger partial charge in [0.15, 0.2) is 0 Å². The number of nitrogens with zero attached hydrogens (tertiary/aromatic N) is 3. The van der Waals surface area contributed by atoms with Crippen molar-refractivity contribution in [3.05, 3.63) is 65.6 Å². The molecule has 0 bridgehead atoms. The first-order valence-corrected chi connectivity index (χ1v) is 9.32. The van der Waals surface area contributed by atoms with E-state index in [-0.39, 0.29) is 12.3 Å². The predicted molar refractivity (Wildman–Crippen MR) is 110 cm³/mol. The lowest BCUT2D eigenvalue weighted by molar-refractivity contribution is -0.116. The largest absolute Gasteiger partial charge is 0.494 e. The molecule has 1 amide bonds. The highest BCUT2D eigenvalue weighted by Crippen LogP contribution is 2.29. The van der Waals surface area contributed by atoms with Crippen molar-refractivity contribution >= 4 is 34.1 Å². The SMILES string of the molecule is COc1ccc(NC(=O)CCc2nc(-c3ccc(Cl)cc3)no2)c2cccnc12. The van der Waals surface area contributed by atoms with E-state index >= 15 is 0 Å². The van der Waals surface area contributed by atoms with Gasteiger partial charge in [-0.2, -0.15) is 4.98 Å². The minimum Gasteiger partial charge on any atom is -0.494 e. The lowest BCUT2D eigenvalue weighted by Gasteiger charge is -2.10. The second-order valence-electron chi connectivity index (χ2n) is 6.28. The minimum atomic E-state index is -0.161. The van der Waals surface area contributed by atoms with Crippen LogP contribution < -0.4 is 10.1 Å². The van der Waals surface area contributed by atoms with Crippen molar-refractivity contribution in [3.63, 3.8) is 0 Å². The van der Waals surface area contributed by atoms with E-state index in [1.54, 1.807) is 37.6 Å². The zero-order valence-corrected chi connectivity index (χ0v) is 16.3. The Morgan fingerprint density at radius 1 is 1.17 bits per heavy atom. The number of ether oxygens (including phenoxy) is 1. The van der Waals surface area contributed by atoms with Gasteiger partial charge in [-0.25, -0.2) is 0 Å². The number of carbonyl (C=O) groups is 1. The normalized spacial score (nSPS) is 10.8. The van der Waals surface area contributed by atoms with Crippen LogP contribution in [0.2, 0.25) is 5.02 Å². The van der Waals surface area contributed by atoms with Crippen LogP contribution in [0.4, 0.5) is 5.69 Å². The van der Waals surface area contributed by atoms with Crippen LogP contribution in [-0.2, 0) is 11.2 Å². The van der Waals surface area contributed by atoms with E-state index in [9.17, 15) is 4.79 Å². The molecule has 0 aliphatic heterocycles. The molecule has 0 atom stereocenters. The molecule has 0 unspecified atom stereocenters. The van der Waals surface area contributed by atoms with Crippen molar-refractivity contribution in [2.24, 2.45) is 0 Å². The van der Waals surface area contributed by atoms with Crippen LogP contribution in [-0.4, -0.2) is 28.1 Å². The van der Waals surface area contributed by atoms with E-state index in [1.165, 1.54) is 0 Å². The quantitative estimate of drug-likeness (QED) is 0.504. The van der Waals surface area contributed by atoms with Gasteiger partial charge < -0.3 is 14.6 Å². The van der Waals surface area contributed by atoms with Crippen LogP contribution in [0.3, 0.4) is 0 Å². The molecule has 0 saturated heterocycles.